The zero-order valence-corrected chi connectivity index (χ0v) is 23.9. The molecular weight excluding hydrogens is 538 g/mol. The highest BCUT2D eigenvalue weighted by molar-refractivity contribution is 8.14. The van der Waals surface area contributed by atoms with Crippen LogP contribution < -0.4 is 15.4 Å². The molecule has 0 fully saturated rings. The zero-order valence-electron chi connectivity index (χ0n) is 23.1. The molecule has 3 aromatic carbocycles. The van der Waals surface area contributed by atoms with Crippen molar-refractivity contribution in [3.63, 3.8) is 0 Å². The van der Waals surface area contributed by atoms with Crippen molar-refractivity contribution in [2.24, 2.45) is 9.98 Å². The number of carbonyl (C=O) groups is 3. The topological polar surface area (TPSA) is 112 Å². The molecule has 0 aliphatic carbocycles. The van der Waals surface area contributed by atoms with Crippen LogP contribution in [0.3, 0.4) is 0 Å². The van der Waals surface area contributed by atoms with Gasteiger partial charge in [0.2, 0.25) is 11.8 Å². The molecule has 1 atom stereocenters. The minimum absolute atomic E-state index is 0.0497. The molecule has 5 rings (SSSR count). The normalized spacial score (nSPS) is 15.6. The average molecular weight is 570 g/mol. The third-order valence-corrected chi connectivity index (χ3v) is 7.73. The minimum atomic E-state index is -0.895. The molecule has 10 heteroatoms. The van der Waals surface area contributed by atoms with E-state index in [-0.39, 0.29) is 36.4 Å². The number of thioether (sulfide) groups is 1. The lowest BCUT2D eigenvalue weighted by molar-refractivity contribution is -0.128. The van der Waals surface area contributed by atoms with Crippen LogP contribution in [0.25, 0.3) is 0 Å². The first kappa shape index (κ1) is 28.1. The van der Waals surface area contributed by atoms with Crippen LogP contribution in [-0.2, 0) is 20.9 Å². The molecule has 0 bridgehead atoms. The van der Waals surface area contributed by atoms with Gasteiger partial charge < -0.3 is 15.4 Å². The van der Waals surface area contributed by atoms with Gasteiger partial charge in [0.25, 0.3) is 5.91 Å². The highest BCUT2D eigenvalue weighted by atomic mass is 32.2. The summed E-state index contributed by atoms with van der Waals surface area (Å²) in [6.07, 6.45) is -0.110. The summed E-state index contributed by atoms with van der Waals surface area (Å²) in [6.45, 7) is 4.50. The van der Waals surface area contributed by atoms with Crippen molar-refractivity contribution in [2.75, 3.05) is 18.2 Å². The number of anilines is 1. The second-order valence-electron chi connectivity index (χ2n) is 9.96. The van der Waals surface area contributed by atoms with Gasteiger partial charge in [0.05, 0.1) is 25.0 Å². The highest BCUT2D eigenvalue weighted by Crippen LogP contribution is 2.34. The van der Waals surface area contributed by atoms with E-state index in [0.29, 0.717) is 39.6 Å². The maximum absolute atomic E-state index is 13.5. The van der Waals surface area contributed by atoms with E-state index in [2.05, 4.69) is 34.5 Å². The maximum Gasteiger partial charge on any atom is 0.259 e. The first-order chi connectivity index (χ1) is 19.8. The van der Waals surface area contributed by atoms with E-state index in [0.717, 1.165) is 17.3 Å². The van der Waals surface area contributed by atoms with Crippen LogP contribution in [-0.4, -0.2) is 52.5 Å². The number of carbonyl (C=O) groups excluding carboxylic acids is 3. The Morgan fingerprint density at radius 3 is 2.49 bits per heavy atom. The van der Waals surface area contributed by atoms with E-state index in [1.165, 1.54) is 10.5 Å². The third kappa shape index (κ3) is 6.33. The number of benzene rings is 3. The number of nitrogens with zero attached hydrogens (tertiary/aromatic N) is 3. The van der Waals surface area contributed by atoms with Gasteiger partial charge in [0.15, 0.2) is 5.17 Å². The van der Waals surface area contributed by atoms with Crippen molar-refractivity contribution in [1.29, 1.82) is 0 Å². The molecule has 1 unspecified atom stereocenters. The average Bonchev–Trinajstić information content (AvgIpc) is 3.31. The number of hydrogen-bond donors (Lipinski definition) is 2. The van der Waals surface area contributed by atoms with Crippen LogP contribution in [0.5, 0.6) is 5.75 Å². The van der Waals surface area contributed by atoms with Crippen molar-refractivity contribution in [3.8, 4) is 5.75 Å². The summed E-state index contributed by atoms with van der Waals surface area (Å²) in [6, 6.07) is 21.7. The standard InChI is InChI=1S/C31H31N5O4S/c1-19(2)20-12-14-22(15-13-20)33-28(38)18-41-31-35-24-10-6-5-9-23(24)29-34-25(30(39)36(29)31)16-27(37)32-17-21-8-4-7-11-26(21)40-3/h4-15,19,25H,16-18H2,1-3H3,(H,32,37)(H,33,38). The lowest BCUT2D eigenvalue weighted by Gasteiger charge is -2.25. The van der Waals surface area contributed by atoms with Crippen LogP contribution in [0.15, 0.2) is 82.8 Å². The van der Waals surface area contributed by atoms with Gasteiger partial charge in [-0.25, -0.2) is 9.89 Å². The Bertz CT molecular complexity index is 1530. The summed E-state index contributed by atoms with van der Waals surface area (Å²) in [4.78, 5) is 49.8. The second kappa shape index (κ2) is 12.4. The van der Waals surface area contributed by atoms with Crippen LogP contribution >= 0.6 is 11.8 Å². The third-order valence-electron chi connectivity index (χ3n) is 6.79. The molecule has 2 heterocycles. The summed E-state index contributed by atoms with van der Waals surface area (Å²) >= 11 is 1.16. The summed E-state index contributed by atoms with van der Waals surface area (Å²) in [7, 11) is 1.58. The lowest BCUT2D eigenvalue weighted by atomic mass is 10.0. The monoisotopic (exact) mass is 569 g/mol. The van der Waals surface area contributed by atoms with E-state index >= 15 is 0 Å². The fraction of sp³-hybridized carbons (Fsp3) is 0.258. The number of nitrogens with one attached hydrogen (secondary N) is 2. The molecule has 2 aliphatic rings. The molecule has 3 aromatic rings. The number of aliphatic imine (C=N–C) groups is 2. The van der Waals surface area contributed by atoms with Crippen molar-refractivity contribution in [1.82, 2.24) is 10.2 Å². The Morgan fingerprint density at radius 2 is 1.73 bits per heavy atom. The Morgan fingerprint density at radius 1 is 1.00 bits per heavy atom. The first-order valence-corrected chi connectivity index (χ1v) is 14.3. The molecular formula is C31H31N5O4S. The fourth-order valence-corrected chi connectivity index (χ4v) is 5.40. The van der Waals surface area contributed by atoms with Crippen molar-refractivity contribution in [2.45, 2.75) is 38.8 Å². The number of amides is 3. The molecule has 9 nitrogen and oxygen atoms in total. The predicted molar refractivity (Wildman–Crippen MR) is 162 cm³/mol. The molecule has 0 saturated heterocycles. The number of rotatable bonds is 9. The molecule has 2 aliphatic heterocycles. The van der Waals surface area contributed by atoms with Crippen molar-refractivity contribution in [3.05, 3.63) is 89.5 Å². The zero-order chi connectivity index (χ0) is 28.9. The molecule has 2 N–H and O–H groups in total. The predicted octanol–water partition coefficient (Wildman–Crippen LogP) is 4.86. The minimum Gasteiger partial charge on any atom is -0.496 e. The van der Waals surface area contributed by atoms with Crippen LogP contribution in [0.4, 0.5) is 11.4 Å². The summed E-state index contributed by atoms with van der Waals surface area (Å²) in [5, 5.41) is 6.11. The largest absolute Gasteiger partial charge is 0.496 e. The SMILES string of the molecule is COc1ccccc1CNC(=O)CC1N=C2c3ccccc3N=C(SCC(=O)Nc3ccc(C(C)C)cc3)N2C1=O. The van der Waals surface area contributed by atoms with Gasteiger partial charge in [-0.15, -0.1) is 0 Å². The first-order valence-electron chi connectivity index (χ1n) is 13.3. The molecule has 210 valence electrons. The van der Waals surface area contributed by atoms with E-state index in [9.17, 15) is 14.4 Å². The van der Waals surface area contributed by atoms with Gasteiger partial charge in [-0.05, 0) is 41.8 Å². The van der Waals surface area contributed by atoms with Gasteiger partial charge in [0, 0.05) is 23.4 Å². The number of hydrogen-bond acceptors (Lipinski definition) is 7. The van der Waals surface area contributed by atoms with Crippen molar-refractivity contribution < 1.29 is 19.1 Å². The fourth-order valence-electron chi connectivity index (χ4n) is 4.60. The smallest absolute Gasteiger partial charge is 0.259 e. The second-order valence-corrected chi connectivity index (χ2v) is 10.9. The highest BCUT2D eigenvalue weighted by Gasteiger charge is 2.42. The maximum atomic E-state index is 13.5. The van der Waals surface area contributed by atoms with E-state index in [1.54, 1.807) is 7.11 Å². The van der Waals surface area contributed by atoms with Crippen molar-refractivity contribution >= 4 is 51.9 Å². The Hall–Kier alpha value is -4.44. The van der Waals surface area contributed by atoms with E-state index in [1.807, 2.05) is 72.8 Å². The molecule has 0 saturated carbocycles. The summed E-state index contributed by atoms with van der Waals surface area (Å²) < 4.78 is 5.35. The van der Waals surface area contributed by atoms with Gasteiger partial charge in [-0.2, -0.15) is 0 Å². The quantitative estimate of drug-likeness (QED) is 0.382. The van der Waals surface area contributed by atoms with Crippen LogP contribution in [0.2, 0.25) is 0 Å². The van der Waals surface area contributed by atoms with Gasteiger partial charge in [-0.3, -0.25) is 19.4 Å². The Balaban J connectivity index is 1.26. The number of methoxy groups -OCH3 is 1. The number of fused-ring (bicyclic) bond motifs is 3. The van der Waals surface area contributed by atoms with Crippen LogP contribution in [0.1, 0.15) is 42.9 Å². The van der Waals surface area contributed by atoms with Gasteiger partial charge in [0.1, 0.15) is 17.6 Å². The van der Waals surface area contributed by atoms with Crippen LogP contribution in [0, 0.1) is 0 Å². The summed E-state index contributed by atoms with van der Waals surface area (Å²) in [5.41, 5.74) is 4.09. The number of ether oxygens (including phenoxy) is 1. The molecule has 0 spiro atoms. The Labute approximate surface area is 243 Å². The summed E-state index contributed by atoms with van der Waals surface area (Å²) in [5.74, 6) is 0.695. The molecule has 0 aromatic heterocycles. The van der Waals surface area contributed by atoms with E-state index in [4.69, 9.17) is 4.74 Å². The molecule has 3 amide bonds. The molecule has 41 heavy (non-hydrogen) atoms. The van der Waals surface area contributed by atoms with Gasteiger partial charge in [-0.1, -0.05) is 68.1 Å². The molecule has 0 radical (unpaired) electrons. The number of para-hydroxylation sites is 2. The lowest BCUT2D eigenvalue weighted by Crippen LogP contribution is -2.42. The van der Waals surface area contributed by atoms with Gasteiger partial charge >= 0.3 is 0 Å². The Kier molecular flexibility index (Phi) is 8.49. The number of amidine groups is 2. The van der Waals surface area contributed by atoms with E-state index < -0.39 is 6.04 Å².